The Kier molecular flexibility index (Phi) is 4.02. The molecule has 1 N–H and O–H groups in total. The van der Waals surface area contributed by atoms with Crippen LogP contribution in [-0.2, 0) is 0 Å². The number of nitrogens with one attached hydrogen (secondary N) is 1. The van der Waals surface area contributed by atoms with Crippen LogP contribution >= 0.6 is 0 Å². The predicted molar refractivity (Wildman–Crippen MR) is 79.9 cm³/mol. The van der Waals surface area contributed by atoms with Gasteiger partial charge in [0.25, 0.3) is 5.56 Å². The highest BCUT2D eigenvalue weighted by Gasteiger charge is 2.11. The van der Waals surface area contributed by atoms with Crippen molar-refractivity contribution in [3.05, 3.63) is 64.2 Å². The fourth-order valence-corrected chi connectivity index (χ4v) is 1.91. The monoisotopic (exact) mass is 265 g/mol. The van der Waals surface area contributed by atoms with Gasteiger partial charge in [-0.3, -0.25) is 4.79 Å². The number of nitriles is 1. The number of rotatable bonds is 3. The van der Waals surface area contributed by atoms with E-state index in [2.05, 4.69) is 4.98 Å². The standard InChI is InChI=1S/C16H15N3O/c1-19(2)9-8-13-14(10-17)16(20)18-11-15(13)12-6-4-3-5-7-12/h3-9,11H,1-2H3,(H,18,20). The van der Waals surface area contributed by atoms with Crippen molar-refractivity contribution >= 4 is 6.08 Å². The van der Waals surface area contributed by atoms with Gasteiger partial charge in [0.15, 0.2) is 0 Å². The number of hydrogen-bond donors (Lipinski definition) is 1. The summed E-state index contributed by atoms with van der Waals surface area (Å²) in [6, 6.07) is 11.6. The largest absolute Gasteiger partial charge is 0.383 e. The Morgan fingerprint density at radius 2 is 1.95 bits per heavy atom. The van der Waals surface area contributed by atoms with Crippen molar-refractivity contribution in [1.29, 1.82) is 5.26 Å². The second-order valence-corrected chi connectivity index (χ2v) is 4.58. The van der Waals surface area contributed by atoms with Crippen LogP contribution in [0, 0.1) is 11.3 Å². The first kappa shape index (κ1) is 13.6. The van der Waals surface area contributed by atoms with Gasteiger partial charge in [-0.2, -0.15) is 5.26 Å². The number of nitrogens with zero attached hydrogens (tertiary/aromatic N) is 2. The van der Waals surface area contributed by atoms with Crippen molar-refractivity contribution in [3.63, 3.8) is 0 Å². The van der Waals surface area contributed by atoms with Gasteiger partial charge in [0.1, 0.15) is 11.6 Å². The second kappa shape index (κ2) is 5.89. The third kappa shape index (κ3) is 2.78. The molecule has 1 aromatic heterocycles. The van der Waals surface area contributed by atoms with Crippen LogP contribution in [-0.4, -0.2) is 24.0 Å². The minimum atomic E-state index is -0.370. The minimum Gasteiger partial charge on any atom is -0.383 e. The number of aromatic nitrogens is 1. The average molecular weight is 265 g/mol. The molecule has 0 amide bonds. The normalized spacial score (nSPS) is 10.4. The number of aromatic amines is 1. The Labute approximate surface area is 117 Å². The lowest BCUT2D eigenvalue weighted by molar-refractivity contribution is 0.567. The molecule has 0 unspecified atom stereocenters. The van der Waals surface area contributed by atoms with Gasteiger partial charge in [0, 0.05) is 31.4 Å². The van der Waals surface area contributed by atoms with Crippen LogP contribution in [0.1, 0.15) is 11.1 Å². The van der Waals surface area contributed by atoms with Gasteiger partial charge in [0.05, 0.1) is 0 Å². The van der Waals surface area contributed by atoms with Crippen molar-refractivity contribution in [2.75, 3.05) is 14.1 Å². The van der Waals surface area contributed by atoms with E-state index in [1.807, 2.05) is 61.6 Å². The van der Waals surface area contributed by atoms with Gasteiger partial charge in [-0.25, -0.2) is 0 Å². The summed E-state index contributed by atoms with van der Waals surface area (Å²) < 4.78 is 0. The lowest BCUT2D eigenvalue weighted by Gasteiger charge is -2.09. The first-order valence-corrected chi connectivity index (χ1v) is 6.19. The van der Waals surface area contributed by atoms with Gasteiger partial charge in [0.2, 0.25) is 0 Å². The SMILES string of the molecule is CN(C)C=Cc1c(-c2ccccc2)c[nH]c(=O)c1C#N. The van der Waals surface area contributed by atoms with Gasteiger partial charge in [-0.05, 0) is 17.8 Å². The van der Waals surface area contributed by atoms with Gasteiger partial charge in [-0.15, -0.1) is 0 Å². The zero-order chi connectivity index (χ0) is 14.5. The lowest BCUT2D eigenvalue weighted by Crippen LogP contribution is -2.12. The molecule has 0 aliphatic heterocycles. The predicted octanol–water partition coefficient (Wildman–Crippen LogP) is 2.45. The molecule has 2 rings (SSSR count). The molecule has 0 saturated carbocycles. The Hall–Kier alpha value is -2.80. The molecule has 4 nitrogen and oxygen atoms in total. The minimum absolute atomic E-state index is 0.129. The topological polar surface area (TPSA) is 59.9 Å². The molecule has 0 aliphatic rings. The molecule has 0 atom stereocenters. The van der Waals surface area contributed by atoms with E-state index in [1.165, 1.54) is 0 Å². The average Bonchev–Trinajstić information content (AvgIpc) is 2.46. The Morgan fingerprint density at radius 1 is 1.25 bits per heavy atom. The summed E-state index contributed by atoms with van der Waals surface area (Å²) in [7, 11) is 3.77. The van der Waals surface area contributed by atoms with Crippen LogP contribution in [0.4, 0.5) is 0 Å². The zero-order valence-electron chi connectivity index (χ0n) is 11.4. The van der Waals surface area contributed by atoms with E-state index in [4.69, 9.17) is 0 Å². The maximum atomic E-state index is 11.8. The molecule has 1 aromatic carbocycles. The van der Waals surface area contributed by atoms with Crippen molar-refractivity contribution in [2.24, 2.45) is 0 Å². The highest BCUT2D eigenvalue weighted by molar-refractivity contribution is 5.77. The molecule has 0 aliphatic carbocycles. The number of hydrogen-bond acceptors (Lipinski definition) is 3. The van der Waals surface area contributed by atoms with Crippen LogP contribution < -0.4 is 5.56 Å². The maximum absolute atomic E-state index is 11.8. The molecule has 0 bridgehead atoms. The third-order valence-corrected chi connectivity index (χ3v) is 2.87. The molecular weight excluding hydrogens is 250 g/mol. The van der Waals surface area contributed by atoms with Crippen molar-refractivity contribution in [2.45, 2.75) is 0 Å². The Morgan fingerprint density at radius 3 is 2.55 bits per heavy atom. The second-order valence-electron chi connectivity index (χ2n) is 4.58. The number of benzene rings is 1. The first-order chi connectivity index (χ1) is 9.63. The van der Waals surface area contributed by atoms with Crippen molar-refractivity contribution in [3.8, 4) is 17.2 Å². The zero-order valence-corrected chi connectivity index (χ0v) is 11.4. The number of pyridine rings is 1. The molecule has 0 saturated heterocycles. The van der Waals surface area contributed by atoms with Crippen LogP contribution in [0.5, 0.6) is 0 Å². The van der Waals surface area contributed by atoms with E-state index in [-0.39, 0.29) is 11.1 Å². The number of H-pyrrole nitrogens is 1. The van der Waals surface area contributed by atoms with Crippen LogP contribution in [0.25, 0.3) is 17.2 Å². The Balaban J connectivity index is 2.70. The lowest BCUT2D eigenvalue weighted by atomic mass is 9.98. The summed E-state index contributed by atoms with van der Waals surface area (Å²) >= 11 is 0. The molecule has 0 radical (unpaired) electrons. The molecule has 20 heavy (non-hydrogen) atoms. The van der Waals surface area contributed by atoms with Gasteiger partial charge < -0.3 is 9.88 Å². The van der Waals surface area contributed by atoms with Crippen LogP contribution in [0.3, 0.4) is 0 Å². The van der Waals surface area contributed by atoms with Crippen LogP contribution in [0.2, 0.25) is 0 Å². The molecule has 100 valence electrons. The highest BCUT2D eigenvalue weighted by atomic mass is 16.1. The van der Waals surface area contributed by atoms with Gasteiger partial charge >= 0.3 is 0 Å². The maximum Gasteiger partial charge on any atom is 0.266 e. The van der Waals surface area contributed by atoms with E-state index >= 15 is 0 Å². The summed E-state index contributed by atoms with van der Waals surface area (Å²) in [6.07, 6.45) is 5.26. The molecule has 4 heteroatoms. The summed E-state index contributed by atoms with van der Waals surface area (Å²) in [5.41, 5.74) is 2.18. The van der Waals surface area contributed by atoms with Crippen molar-refractivity contribution < 1.29 is 0 Å². The van der Waals surface area contributed by atoms with E-state index in [9.17, 15) is 10.1 Å². The molecule has 2 aromatic rings. The molecular formula is C16H15N3O. The quantitative estimate of drug-likeness (QED) is 0.927. The third-order valence-electron chi connectivity index (χ3n) is 2.87. The fraction of sp³-hybridized carbons (Fsp3) is 0.125. The molecule has 1 heterocycles. The van der Waals surface area contributed by atoms with E-state index in [1.54, 1.807) is 12.3 Å². The van der Waals surface area contributed by atoms with E-state index in [0.29, 0.717) is 5.56 Å². The van der Waals surface area contributed by atoms with Gasteiger partial charge in [-0.1, -0.05) is 30.3 Å². The summed E-state index contributed by atoms with van der Waals surface area (Å²) in [5.74, 6) is 0. The summed E-state index contributed by atoms with van der Waals surface area (Å²) in [4.78, 5) is 16.3. The Bertz CT molecular complexity index is 722. The van der Waals surface area contributed by atoms with E-state index < -0.39 is 0 Å². The van der Waals surface area contributed by atoms with E-state index in [0.717, 1.165) is 11.1 Å². The fourth-order valence-electron chi connectivity index (χ4n) is 1.91. The van der Waals surface area contributed by atoms with Crippen molar-refractivity contribution in [1.82, 2.24) is 9.88 Å². The molecule has 0 fully saturated rings. The summed E-state index contributed by atoms with van der Waals surface area (Å²) in [5, 5.41) is 9.22. The molecule has 0 spiro atoms. The smallest absolute Gasteiger partial charge is 0.266 e. The first-order valence-electron chi connectivity index (χ1n) is 6.19. The highest BCUT2D eigenvalue weighted by Crippen LogP contribution is 2.24. The van der Waals surface area contributed by atoms with Crippen LogP contribution in [0.15, 0.2) is 47.5 Å². The summed E-state index contributed by atoms with van der Waals surface area (Å²) in [6.45, 7) is 0.